The van der Waals surface area contributed by atoms with Gasteiger partial charge in [-0.3, -0.25) is 14.8 Å². The fraction of sp³-hybridized carbons (Fsp3) is 0.941. The standard InChI is InChI=1S/C17H35N5O.HI/c1-4-21-9-5-7-15(21)13-19-17(18-2)20-14-16-8-6-10-22(16)11-12-23-3;/h15-16H,4-14H2,1-3H3,(H2,18,19,20);1H. The van der Waals surface area contributed by atoms with E-state index in [0.717, 1.165) is 38.7 Å². The third-order valence-electron chi connectivity index (χ3n) is 5.22. The van der Waals surface area contributed by atoms with Crippen molar-refractivity contribution in [2.24, 2.45) is 4.99 Å². The molecule has 0 amide bonds. The number of hydrogen-bond acceptors (Lipinski definition) is 4. The van der Waals surface area contributed by atoms with E-state index in [2.05, 4.69) is 32.3 Å². The molecule has 0 aromatic heterocycles. The van der Waals surface area contributed by atoms with Gasteiger partial charge in [0.05, 0.1) is 6.61 Å². The molecule has 0 bridgehead atoms. The summed E-state index contributed by atoms with van der Waals surface area (Å²) >= 11 is 0. The molecule has 7 heteroatoms. The van der Waals surface area contributed by atoms with E-state index in [-0.39, 0.29) is 24.0 Å². The molecule has 24 heavy (non-hydrogen) atoms. The van der Waals surface area contributed by atoms with Gasteiger partial charge in [0.1, 0.15) is 0 Å². The highest BCUT2D eigenvalue weighted by Gasteiger charge is 2.25. The predicted octanol–water partition coefficient (Wildman–Crippen LogP) is 1.36. The van der Waals surface area contributed by atoms with Gasteiger partial charge >= 0.3 is 0 Å². The van der Waals surface area contributed by atoms with Crippen LogP contribution in [0.1, 0.15) is 32.6 Å². The van der Waals surface area contributed by atoms with Crippen molar-refractivity contribution >= 4 is 29.9 Å². The largest absolute Gasteiger partial charge is 0.383 e. The van der Waals surface area contributed by atoms with Crippen LogP contribution < -0.4 is 10.6 Å². The van der Waals surface area contributed by atoms with E-state index >= 15 is 0 Å². The number of likely N-dealkylation sites (N-methyl/N-ethyl adjacent to an activating group) is 1. The molecule has 2 saturated heterocycles. The fourth-order valence-electron chi connectivity index (χ4n) is 3.82. The maximum atomic E-state index is 5.21. The molecule has 2 aliphatic heterocycles. The molecule has 0 spiro atoms. The second-order valence-electron chi connectivity index (χ2n) is 6.58. The van der Waals surface area contributed by atoms with Crippen LogP contribution in [0, 0.1) is 0 Å². The van der Waals surface area contributed by atoms with E-state index in [4.69, 9.17) is 4.74 Å². The van der Waals surface area contributed by atoms with Crippen LogP contribution in [0.15, 0.2) is 4.99 Å². The highest BCUT2D eigenvalue weighted by molar-refractivity contribution is 14.0. The van der Waals surface area contributed by atoms with E-state index in [9.17, 15) is 0 Å². The third-order valence-corrected chi connectivity index (χ3v) is 5.22. The minimum Gasteiger partial charge on any atom is -0.383 e. The first-order valence-electron chi connectivity index (χ1n) is 9.20. The molecule has 2 N–H and O–H groups in total. The van der Waals surface area contributed by atoms with Crippen LogP contribution >= 0.6 is 24.0 Å². The minimum absolute atomic E-state index is 0. The molecule has 0 aromatic carbocycles. The topological polar surface area (TPSA) is 52.1 Å². The lowest BCUT2D eigenvalue weighted by Crippen LogP contribution is -2.48. The van der Waals surface area contributed by atoms with Crippen LogP contribution in [-0.2, 0) is 4.74 Å². The van der Waals surface area contributed by atoms with Gasteiger partial charge in [0, 0.05) is 45.9 Å². The first-order valence-corrected chi connectivity index (χ1v) is 9.20. The summed E-state index contributed by atoms with van der Waals surface area (Å²) in [5.74, 6) is 0.937. The van der Waals surface area contributed by atoms with Crippen LogP contribution in [-0.4, -0.2) is 87.9 Å². The summed E-state index contributed by atoms with van der Waals surface area (Å²) in [6.07, 6.45) is 5.17. The molecule has 2 unspecified atom stereocenters. The number of nitrogens with zero attached hydrogens (tertiary/aromatic N) is 3. The molecule has 6 nitrogen and oxygen atoms in total. The quantitative estimate of drug-likeness (QED) is 0.330. The monoisotopic (exact) mass is 453 g/mol. The zero-order valence-electron chi connectivity index (χ0n) is 15.6. The number of halogens is 1. The molecule has 0 aliphatic carbocycles. The van der Waals surface area contributed by atoms with Gasteiger partial charge in [0.25, 0.3) is 0 Å². The number of hydrogen-bond donors (Lipinski definition) is 2. The molecular formula is C17H36IN5O. The summed E-state index contributed by atoms with van der Waals surface area (Å²) in [4.78, 5) is 9.47. The smallest absolute Gasteiger partial charge is 0.191 e. The fourth-order valence-corrected chi connectivity index (χ4v) is 3.82. The van der Waals surface area contributed by atoms with Crippen molar-refractivity contribution in [1.82, 2.24) is 20.4 Å². The molecule has 2 atom stereocenters. The van der Waals surface area contributed by atoms with Gasteiger partial charge in [0.15, 0.2) is 5.96 Å². The van der Waals surface area contributed by atoms with E-state index in [1.165, 1.54) is 38.8 Å². The number of ether oxygens (including phenoxy) is 1. The summed E-state index contributed by atoms with van der Waals surface area (Å²) in [5.41, 5.74) is 0. The van der Waals surface area contributed by atoms with E-state index in [1.54, 1.807) is 7.11 Å². The maximum absolute atomic E-state index is 5.21. The van der Waals surface area contributed by atoms with Crippen molar-refractivity contribution in [3.8, 4) is 0 Å². The highest BCUT2D eigenvalue weighted by Crippen LogP contribution is 2.16. The summed E-state index contributed by atoms with van der Waals surface area (Å²) in [5, 5.41) is 7.02. The Balaban J connectivity index is 0.00000288. The van der Waals surface area contributed by atoms with Gasteiger partial charge in [-0.2, -0.15) is 0 Å². The number of guanidine groups is 1. The average molecular weight is 453 g/mol. The molecular weight excluding hydrogens is 417 g/mol. The summed E-state index contributed by atoms with van der Waals surface area (Å²) in [6.45, 7) is 9.63. The second-order valence-corrected chi connectivity index (χ2v) is 6.58. The van der Waals surface area contributed by atoms with Gasteiger partial charge in [-0.1, -0.05) is 6.92 Å². The Hall–Kier alpha value is -0.120. The van der Waals surface area contributed by atoms with Gasteiger partial charge in [0.2, 0.25) is 0 Å². The third kappa shape index (κ3) is 6.65. The summed E-state index contributed by atoms with van der Waals surface area (Å²) < 4.78 is 5.21. The zero-order chi connectivity index (χ0) is 16.5. The lowest BCUT2D eigenvalue weighted by Gasteiger charge is -2.26. The van der Waals surface area contributed by atoms with Crippen molar-refractivity contribution in [2.45, 2.75) is 44.7 Å². The van der Waals surface area contributed by atoms with Gasteiger partial charge in [-0.15, -0.1) is 24.0 Å². The van der Waals surface area contributed by atoms with Crippen LogP contribution in [0.25, 0.3) is 0 Å². The molecule has 2 heterocycles. The maximum Gasteiger partial charge on any atom is 0.191 e. The first kappa shape index (κ1) is 21.9. The number of aliphatic imine (C=N–C) groups is 1. The Kier molecular flexibility index (Phi) is 11.2. The first-order chi connectivity index (χ1) is 11.3. The Morgan fingerprint density at radius 1 is 1.08 bits per heavy atom. The Morgan fingerprint density at radius 3 is 2.21 bits per heavy atom. The summed E-state index contributed by atoms with van der Waals surface area (Å²) in [7, 11) is 3.64. The van der Waals surface area contributed by atoms with Crippen LogP contribution in [0.2, 0.25) is 0 Å². The van der Waals surface area contributed by atoms with Crippen molar-refractivity contribution in [1.29, 1.82) is 0 Å². The molecule has 2 aliphatic rings. The predicted molar refractivity (Wildman–Crippen MR) is 112 cm³/mol. The number of rotatable bonds is 8. The second kappa shape index (κ2) is 12.3. The summed E-state index contributed by atoms with van der Waals surface area (Å²) in [6, 6.07) is 1.26. The van der Waals surface area contributed by atoms with Crippen molar-refractivity contribution in [3.05, 3.63) is 0 Å². The highest BCUT2D eigenvalue weighted by atomic mass is 127. The number of methoxy groups -OCH3 is 1. The van der Waals surface area contributed by atoms with Crippen molar-refractivity contribution in [2.75, 3.05) is 60.0 Å². The lowest BCUT2D eigenvalue weighted by atomic mass is 10.2. The molecule has 0 aromatic rings. The Morgan fingerprint density at radius 2 is 1.67 bits per heavy atom. The number of nitrogens with one attached hydrogen (secondary N) is 2. The Bertz CT molecular complexity index is 369. The van der Waals surface area contributed by atoms with Crippen LogP contribution in [0.4, 0.5) is 0 Å². The van der Waals surface area contributed by atoms with E-state index in [0.29, 0.717) is 12.1 Å². The van der Waals surface area contributed by atoms with Crippen LogP contribution in [0.5, 0.6) is 0 Å². The van der Waals surface area contributed by atoms with Gasteiger partial charge in [-0.25, -0.2) is 0 Å². The average Bonchev–Trinajstić information content (AvgIpc) is 3.21. The van der Waals surface area contributed by atoms with Gasteiger partial charge in [-0.05, 0) is 45.3 Å². The molecule has 2 fully saturated rings. The van der Waals surface area contributed by atoms with Crippen molar-refractivity contribution in [3.63, 3.8) is 0 Å². The molecule has 0 saturated carbocycles. The number of likely N-dealkylation sites (tertiary alicyclic amines) is 2. The van der Waals surface area contributed by atoms with Gasteiger partial charge < -0.3 is 15.4 Å². The van der Waals surface area contributed by atoms with Crippen LogP contribution in [0.3, 0.4) is 0 Å². The van der Waals surface area contributed by atoms with Crippen molar-refractivity contribution < 1.29 is 4.74 Å². The SMILES string of the molecule is CCN1CCCC1CNC(=NC)NCC1CCCN1CCOC.I. The zero-order valence-corrected chi connectivity index (χ0v) is 17.9. The molecule has 0 radical (unpaired) electrons. The lowest BCUT2D eigenvalue weighted by molar-refractivity contribution is 0.141. The molecule has 2 rings (SSSR count). The Labute approximate surface area is 164 Å². The normalized spacial score (nSPS) is 25.7. The minimum atomic E-state index is 0. The molecule has 142 valence electrons. The van der Waals surface area contributed by atoms with E-state index < -0.39 is 0 Å². The van der Waals surface area contributed by atoms with E-state index in [1.807, 2.05) is 7.05 Å².